The molecule has 1 aliphatic rings. The van der Waals surface area contributed by atoms with Crippen molar-refractivity contribution in [3.63, 3.8) is 0 Å². The molecule has 0 unspecified atom stereocenters. The molecule has 4 rings (SSSR count). The zero-order chi connectivity index (χ0) is 25.2. The number of ether oxygens (including phenoxy) is 2. The van der Waals surface area contributed by atoms with Gasteiger partial charge in [0.05, 0.1) is 3.57 Å². The zero-order valence-electron chi connectivity index (χ0n) is 19.9. The maximum Gasteiger partial charge on any atom is 0.407 e. The summed E-state index contributed by atoms with van der Waals surface area (Å²) in [5, 5.41) is 12.2. The average Bonchev–Trinajstić information content (AvgIpc) is 3.12. The van der Waals surface area contributed by atoms with Crippen LogP contribution in [0.25, 0.3) is 11.1 Å². The number of rotatable bonds is 7. The average molecular weight is 585 g/mol. The van der Waals surface area contributed by atoms with E-state index < -0.39 is 18.1 Å². The Balaban J connectivity index is 1.41. The van der Waals surface area contributed by atoms with Crippen LogP contribution >= 0.6 is 22.6 Å². The van der Waals surface area contributed by atoms with Gasteiger partial charge in [-0.2, -0.15) is 0 Å². The zero-order valence-corrected chi connectivity index (χ0v) is 22.0. The molecule has 0 saturated heterocycles. The predicted octanol–water partition coefficient (Wildman–Crippen LogP) is 6.00. The van der Waals surface area contributed by atoms with Crippen LogP contribution in [0, 0.1) is 3.57 Å². The Morgan fingerprint density at radius 2 is 1.60 bits per heavy atom. The van der Waals surface area contributed by atoms with Gasteiger partial charge in [-0.25, -0.2) is 9.59 Å². The van der Waals surface area contributed by atoms with E-state index in [1.807, 2.05) is 75.4 Å². The monoisotopic (exact) mass is 585 g/mol. The Morgan fingerprint density at radius 1 is 1.00 bits per heavy atom. The summed E-state index contributed by atoms with van der Waals surface area (Å²) in [6.07, 6.45) is -0.618. The summed E-state index contributed by atoms with van der Waals surface area (Å²) in [5.41, 5.74) is 4.91. The van der Waals surface area contributed by atoms with E-state index in [1.54, 1.807) is 0 Å². The molecule has 2 N–H and O–H groups in total. The second-order valence-corrected chi connectivity index (χ2v) is 10.7. The van der Waals surface area contributed by atoms with Crippen LogP contribution < -0.4 is 10.1 Å². The fourth-order valence-corrected chi connectivity index (χ4v) is 4.99. The lowest BCUT2D eigenvalue weighted by atomic mass is 9.98. The molecule has 7 heteroatoms. The van der Waals surface area contributed by atoms with Crippen molar-refractivity contribution in [3.8, 4) is 16.9 Å². The Hall–Kier alpha value is -3.07. The van der Waals surface area contributed by atoms with E-state index in [-0.39, 0.29) is 24.5 Å². The Bertz CT molecular complexity index is 1200. The third-order valence-electron chi connectivity index (χ3n) is 5.79. The summed E-state index contributed by atoms with van der Waals surface area (Å²) >= 11 is 2.17. The van der Waals surface area contributed by atoms with Crippen LogP contribution in [-0.4, -0.2) is 35.4 Å². The van der Waals surface area contributed by atoms with E-state index in [2.05, 4.69) is 40.0 Å². The molecule has 0 aromatic heterocycles. The first-order chi connectivity index (χ1) is 16.6. The first-order valence-electron chi connectivity index (χ1n) is 11.4. The first-order valence-corrected chi connectivity index (χ1v) is 12.5. The number of aliphatic carboxylic acids is 1. The molecule has 3 aromatic carbocycles. The van der Waals surface area contributed by atoms with Gasteiger partial charge in [0.2, 0.25) is 0 Å². The van der Waals surface area contributed by atoms with Crippen molar-refractivity contribution in [2.24, 2.45) is 0 Å². The van der Waals surface area contributed by atoms with E-state index in [0.717, 1.165) is 37.1 Å². The molecule has 0 saturated carbocycles. The van der Waals surface area contributed by atoms with E-state index in [0.29, 0.717) is 0 Å². The van der Waals surface area contributed by atoms with Gasteiger partial charge in [0.15, 0.2) is 0 Å². The van der Waals surface area contributed by atoms with E-state index in [9.17, 15) is 14.7 Å². The van der Waals surface area contributed by atoms with Gasteiger partial charge in [0.25, 0.3) is 0 Å². The third kappa shape index (κ3) is 5.96. The molecule has 0 aliphatic heterocycles. The van der Waals surface area contributed by atoms with Crippen LogP contribution in [0.2, 0.25) is 0 Å². The van der Waals surface area contributed by atoms with Crippen molar-refractivity contribution in [1.29, 1.82) is 0 Å². The maximum atomic E-state index is 12.6. The minimum absolute atomic E-state index is 0.0895. The Morgan fingerprint density at radius 3 is 2.14 bits per heavy atom. The number of carboxylic acid groups (broad SMARTS) is 1. The van der Waals surface area contributed by atoms with Crippen molar-refractivity contribution < 1.29 is 24.2 Å². The van der Waals surface area contributed by atoms with E-state index >= 15 is 0 Å². The molecule has 6 nitrogen and oxygen atoms in total. The lowest BCUT2D eigenvalue weighted by molar-refractivity contribution is -0.139. The number of nitrogens with one attached hydrogen (secondary N) is 1. The molecule has 1 atom stereocenters. The lowest BCUT2D eigenvalue weighted by Crippen LogP contribution is -2.42. The number of carbonyl (C=O) groups excluding carboxylic acids is 1. The quantitative estimate of drug-likeness (QED) is 0.332. The molecule has 0 bridgehead atoms. The van der Waals surface area contributed by atoms with E-state index in [4.69, 9.17) is 9.47 Å². The minimum Gasteiger partial charge on any atom is -0.487 e. The number of hydrogen-bond acceptors (Lipinski definition) is 4. The first kappa shape index (κ1) is 25.0. The van der Waals surface area contributed by atoms with E-state index in [1.165, 1.54) is 0 Å². The van der Waals surface area contributed by atoms with Crippen molar-refractivity contribution in [1.82, 2.24) is 5.32 Å². The van der Waals surface area contributed by atoms with Crippen LogP contribution in [0.1, 0.15) is 43.4 Å². The van der Waals surface area contributed by atoms with Crippen molar-refractivity contribution in [2.75, 3.05) is 6.61 Å². The molecule has 0 heterocycles. The summed E-state index contributed by atoms with van der Waals surface area (Å²) < 4.78 is 12.3. The third-order valence-corrected chi connectivity index (χ3v) is 6.63. The largest absolute Gasteiger partial charge is 0.487 e. The highest BCUT2D eigenvalue weighted by atomic mass is 127. The standard InChI is InChI=1S/C28H28INO5/c1-28(2,3)35-25-13-12-17(14-23(25)29)15-24(26(31)32)30-27(33)34-16-22-20-10-6-4-8-18(20)19-9-5-7-11-21(19)22/h4-14,22,24H,15-16H2,1-3H3,(H,30,33)(H,31,32)/t24-/m1/s1. The molecular weight excluding hydrogens is 557 g/mol. The Kier molecular flexibility index (Phi) is 7.35. The van der Waals surface area contributed by atoms with Gasteiger partial charge in [-0.3, -0.25) is 0 Å². The molecular formula is C28H28INO5. The van der Waals surface area contributed by atoms with Crippen LogP contribution in [0.5, 0.6) is 5.75 Å². The number of alkyl carbamates (subject to hydrolysis) is 1. The molecule has 182 valence electrons. The van der Waals surface area contributed by atoms with Crippen molar-refractivity contribution in [3.05, 3.63) is 87.0 Å². The van der Waals surface area contributed by atoms with Gasteiger partial charge in [-0.15, -0.1) is 0 Å². The molecule has 35 heavy (non-hydrogen) atoms. The number of benzene rings is 3. The number of hydrogen-bond donors (Lipinski definition) is 2. The molecule has 0 radical (unpaired) electrons. The molecule has 0 spiro atoms. The smallest absolute Gasteiger partial charge is 0.407 e. The van der Waals surface area contributed by atoms with Crippen LogP contribution in [0.4, 0.5) is 4.79 Å². The maximum absolute atomic E-state index is 12.6. The fourth-order valence-electron chi connectivity index (χ4n) is 4.30. The Labute approximate surface area is 218 Å². The van der Waals surface area contributed by atoms with Crippen LogP contribution in [0.3, 0.4) is 0 Å². The van der Waals surface area contributed by atoms with Gasteiger partial charge in [0, 0.05) is 12.3 Å². The topological polar surface area (TPSA) is 84.9 Å². The number of halogens is 1. The molecule has 0 fully saturated rings. The van der Waals surface area contributed by atoms with Gasteiger partial charge >= 0.3 is 12.1 Å². The summed E-state index contributed by atoms with van der Waals surface area (Å²) in [7, 11) is 0. The van der Waals surface area contributed by atoms with Crippen molar-refractivity contribution >= 4 is 34.7 Å². The SMILES string of the molecule is CC(C)(C)Oc1ccc(C[C@@H](NC(=O)OCC2c3ccccc3-c3ccccc32)C(=O)O)cc1I. The lowest BCUT2D eigenvalue weighted by Gasteiger charge is -2.22. The van der Waals surface area contributed by atoms with Crippen LogP contribution in [-0.2, 0) is 16.0 Å². The molecule has 1 aliphatic carbocycles. The number of carboxylic acids is 1. The highest BCUT2D eigenvalue weighted by Gasteiger charge is 2.30. The highest BCUT2D eigenvalue weighted by molar-refractivity contribution is 14.1. The molecule has 1 amide bonds. The van der Waals surface area contributed by atoms with Crippen LogP contribution in [0.15, 0.2) is 66.7 Å². The summed E-state index contributed by atoms with van der Waals surface area (Å²) in [6, 6.07) is 20.5. The normalized spacial score (nSPS) is 13.5. The fraction of sp³-hybridized carbons (Fsp3) is 0.286. The summed E-state index contributed by atoms with van der Waals surface area (Å²) in [4.78, 5) is 24.5. The van der Waals surface area contributed by atoms with Gasteiger partial charge in [0.1, 0.15) is 24.0 Å². The van der Waals surface area contributed by atoms with Gasteiger partial charge in [-0.05, 0) is 83.3 Å². The second kappa shape index (κ2) is 10.3. The summed E-state index contributed by atoms with van der Waals surface area (Å²) in [6.45, 7) is 6.03. The minimum atomic E-state index is -1.12. The predicted molar refractivity (Wildman–Crippen MR) is 143 cm³/mol. The number of amides is 1. The summed E-state index contributed by atoms with van der Waals surface area (Å²) in [5.74, 6) is -0.477. The van der Waals surface area contributed by atoms with Gasteiger partial charge < -0.3 is 19.9 Å². The molecule has 3 aromatic rings. The number of fused-ring (bicyclic) bond motifs is 3. The van der Waals surface area contributed by atoms with Crippen molar-refractivity contribution in [2.45, 2.75) is 44.8 Å². The number of carbonyl (C=O) groups is 2. The highest BCUT2D eigenvalue weighted by Crippen LogP contribution is 2.44. The van der Waals surface area contributed by atoms with Gasteiger partial charge in [-0.1, -0.05) is 54.6 Å². The second-order valence-electron chi connectivity index (χ2n) is 9.54.